The Kier molecular flexibility index (Phi) is 4.30. The zero-order valence-electron chi connectivity index (χ0n) is 14.4. The minimum atomic E-state index is 0.0543. The van der Waals surface area contributed by atoms with Crippen molar-refractivity contribution >= 4 is 46.2 Å². The molecular formula is C21H17N3OS2. The molecule has 3 aromatic rings. The Hall–Kier alpha value is -2.44. The lowest BCUT2D eigenvalue weighted by atomic mass is 10.0. The predicted molar refractivity (Wildman–Crippen MR) is 112 cm³/mol. The average molecular weight is 392 g/mol. The Labute approximate surface area is 165 Å². The first-order valence-corrected chi connectivity index (χ1v) is 10.7. The number of nitrogens with one attached hydrogen (secondary N) is 1. The Morgan fingerprint density at radius 2 is 1.93 bits per heavy atom. The van der Waals surface area contributed by atoms with E-state index in [-0.39, 0.29) is 17.2 Å². The van der Waals surface area contributed by atoms with Gasteiger partial charge in [0.15, 0.2) is 5.16 Å². The summed E-state index contributed by atoms with van der Waals surface area (Å²) in [4.78, 5) is 24.1. The van der Waals surface area contributed by atoms with Crippen LogP contribution in [-0.4, -0.2) is 32.9 Å². The number of carbonyl (C=O) groups excluding carboxylic acids is 1. The van der Waals surface area contributed by atoms with Crippen LogP contribution >= 0.6 is 23.5 Å². The van der Waals surface area contributed by atoms with Gasteiger partial charge in [-0.05, 0) is 24.3 Å². The highest BCUT2D eigenvalue weighted by Gasteiger charge is 2.36. The molecule has 1 aromatic heterocycles. The second-order valence-electron chi connectivity index (χ2n) is 6.42. The zero-order valence-corrected chi connectivity index (χ0v) is 16.0. The topological polar surface area (TPSA) is 49.0 Å². The van der Waals surface area contributed by atoms with E-state index in [0.717, 1.165) is 26.8 Å². The highest BCUT2D eigenvalue weighted by atomic mass is 32.2. The van der Waals surface area contributed by atoms with Crippen molar-refractivity contribution in [1.82, 2.24) is 9.97 Å². The highest BCUT2D eigenvalue weighted by Crippen LogP contribution is 2.43. The number of anilines is 1. The summed E-state index contributed by atoms with van der Waals surface area (Å²) in [5.74, 6) is 0.447. The summed E-state index contributed by atoms with van der Waals surface area (Å²) in [6, 6.07) is 16.1. The third-order valence-corrected chi connectivity index (χ3v) is 6.88. The van der Waals surface area contributed by atoms with Gasteiger partial charge < -0.3 is 9.88 Å². The first-order chi connectivity index (χ1) is 13.3. The Balaban J connectivity index is 1.41. The maximum atomic E-state index is 13.2. The molecule has 2 aliphatic rings. The third kappa shape index (κ3) is 3.09. The molecule has 0 bridgehead atoms. The van der Waals surface area contributed by atoms with Crippen molar-refractivity contribution < 1.29 is 4.79 Å². The molecular weight excluding hydrogens is 374 g/mol. The van der Waals surface area contributed by atoms with E-state index in [1.807, 2.05) is 65.2 Å². The van der Waals surface area contributed by atoms with Gasteiger partial charge in [0.2, 0.25) is 5.91 Å². The molecule has 0 spiro atoms. The molecule has 1 amide bonds. The lowest BCUT2D eigenvalue weighted by molar-refractivity contribution is -0.116. The summed E-state index contributed by atoms with van der Waals surface area (Å²) in [6.45, 7) is 0. The number of hydrogen-bond acceptors (Lipinski definition) is 4. The SMILES string of the molecule is O=C(CSc1nc2ccccc2[nH]1)N1c2ccccc2S[C@H]2C=CC=C[C@@H]21. The van der Waals surface area contributed by atoms with Crippen molar-refractivity contribution in [3.63, 3.8) is 0 Å². The van der Waals surface area contributed by atoms with Crippen LogP contribution in [-0.2, 0) is 4.79 Å². The number of rotatable bonds is 3. The summed E-state index contributed by atoms with van der Waals surface area (Å²) in [5.41, 5.74) is 2.92. The Morgan fingerprint density at radius 1 is 1.11 bits per heavy atom. The molecule has 0 fully saturated rings. The second-order valence-corrected chi connectivity index (χ2v) is 8.61. The molecule has 27 heavy (non-hydrogen) atoms. The number of para-hydroxylation sites is 3. The number of imidazole rings is 1. The van der Waals surface area contributed by atoms with Gasteiger partial charge in [0.05, 0.1) is 33.8 Å². The van der Waals surface area contributed by atoms with Crippen LogP contribution in [0.3, 0.4) is 0 Å². The molecule has 0 saturated heterocycles. The number of aromatic nitrogens is 2. The summed E-state index contributed by atoms with van der Waals surface area (Å²) in [6.07, 6.45) is 8.39. The van der Waals surface area contributed by atoms with E-state index in [1.165, 1.54) is 11.8 Å². The Morgan fingerprint density at radius 3 is 2.85 bits per heavy atom. The molecule has 1 N–H and O–H groups in total. The van der Waals surface area contributed by atoms with E-state index >= 15 is 0 Å². The van der Waals surface area contributed by atoms with Gasteiger partial charge in [-0.25, -0.2) is 4.98 Å². The van der Waals surface area contributed by atoms with Crippen molar-refractivity contribution in [3.8, 4) is 0 Å². The Bertz CT molecular complexity index is 1040. The number of nitrogens with zero attached hydrogens (tertiary/aromatic N) is 2. The van der Waals surface area contributed by atoms with Crippen LogP contribution in [0.2, 0.25) is 0 Å². The van der Waals surface area contributed by atoms with Crippen molar-refractivity contribution in [1.29, 1.82) is 0 Å². The molecule has 0 saturated carbocycles. The molecule has 1 aliphatic heterocycles. The smallest absolute Gasteiger partial charge is 0.238 e. The minimum absolute atomic E-state index is 0.0543. The monoisotopic (exact) mass is 391 g/mol. The fraction of sp³-hybridized carbons (Fsp3) is 0.143. The number of amides is 1. The van der Waals surface area contributed by atoms with Crippen LogP contribution in [0.4, 0.5) is 5.69 Å². The van der Waals surface area contributed by atoms with E-state index in [4.69, 9.17) is 0 Å². The molecule has 0 radical (unpaired) electrons. The third-order valence-electron chi connectivity index (χ3n) is 4.71. The molecule has 4 nitrogen and oxygen atoms in total. The van der Waals surface area contributed by atoms with Gasteiger partial charge in [0, 0.05) is 4.90 Å². The largest absolute Gasteiger partial charge is 0.333 e. The zero-order chi connectivity index (χ0) is 18.2. The maximum absolute atomic E-state index is 13.2. The predicted octanol–water partition coefficient (Wildman–Crippen LogP) is 4.66. The van der Waals surface area contributed by atoms with Gasteiger partial charge in [-0.2, -0.15) is 0 Å². The molecule has 1 aliphatic carbocycles. The number of fused-ring (bicyclic) bond motifs is 3. The van der Waals surface area contributed by atoms with Crippen LogP contribution in [0.25, 0.3) is 11.0 Å². The number of allylic oxidation sites excluding steroid dienone is 2. The van der Waals surface area contributed by atoms with Gasteiger partial charge in [-0.3, -0.25) is 4.79 Å². The molecule has 134 valence electrons. The first-order valence-electron chi connectivity index (χ1n) is 8.80. The van der Waals surface area contributed by atoms with E-state index in [9.17, 15) is 4.79 Å². The lowest BCUT2D eigenvalue weighted by Gasteiger charge is -2.40. The standard InChI is InChI=1S/C21H17N3OS2/c25-20(13-26-21-22-14-7-1-2-8-15(14)23-21)24-16-9-3-5-11-18(16)27-19-12-6-4-10-17(19)24/h1-12,16,18H,13H2,(H,22,23)/t16-,18-/m0/s1. The molecule has 2 aromatic carbocycles. The van der Waals surface area contributed by atoms with Crippen molar-refractivity contribution in [2.24, 2.45) is 0 Å². The van der Waals surface area contributed by atoms with Crippen LogP contribution < -0.4 is 4.90 Å². The molecule has 6 heteroatoms. The fourth-order valence-electron chi connectivity index (χ4n) is 3.48. The summed E-state index contributed by atoms with van der Waals surface area (Å²) < 4.78 is 0. The second kappa shape index (κ2) is 6.94. The van der Waals surface area contributed by atoms with Crippen LogP contribution in [0, 0.1) is 0 Å². The number of aromatic amines is 1. The van der Waals surface area contributed by atoms with Gasteiger partial charge in [-0.15, -0.1) is 11.8 Å². The number of carbonyl (C=O) groups is 1. The van der Waals surface area contributed by atoms with Crippen LogP contribution in [0.15, 0.2) is 82.9 Å². The van der Waals surface area contributed by atoms with Gasteiger partial charge in [0.25, 0.3) is 0 Å². The normalized spacial score (nSPS) is 20.5. The van der Waals surface area contributed by atoms with E-state index in [2.05, 4.69) is 34.3 Å². The number of benzene rings is 2. The number of H-pyrrole nitrogens is 1. The quantitative estimate of drug-likeness (QED) is 0.660. The van der Waals surface area contributed by atoms with Crippen molar-refractivity contribution in [2.75, 3.05) is 10.7 Å². The van der Waals surface area contributed by atoms with E-state index in [0.29, 0.717) is 5.75 Å². The minimum Gasteiger partial charge on any atom is -0.333 e. The first kappa shape index (κ1) is 16.7. The van der Waals surface area contributed by atoms with E-state index in [1.54, 1.807) is 0 Å². The van der Waals surface area contributed by atoms with Crippen molar-refractivity contribution in [2.45, 2.75) is 21.3 Å². The van der Waals surface area contributed by atoms with Crippen molar-refractivity contribution in [3.05, 3.63) is 72.8 Å². The average Bonchev–Trinajstić information content (AvgIpc) is 3.13. The molecule has 2 heterocycles. The molecule has 2 atom stereocenters. The summed E-state index contributed by atoms with van der Waals surface area (Å²) >= 11 is 3.28. The summed E-state index contributed by atoms with van der Waals surface area (Å²) in [7, 11) is 0. The number of thioether (sulfide) groups is 2. The van der Waals surface area contributed by atoms with Crippen LogP contribution in [0.5, 0.6) is 0 Å². The highest BCUT2D eigenvalue weighted by molar-refractivity contribution is 8.00. The maximum Gasteiger partial charge on any atom is 0.238 e. The van der Waals surface area contributed by atoms with Gasteiger partial charge in [0.1, 0.15) is 0 Å². The summed E-state index contributed by atoms with van der Waals surface area (Å²) in [5, 5.41) is 1.03. The molecule has 0 unspecified atom stereocenters. The molecule has 5 rings (SSSR count). The van der Waals surface area contributed by atoms with Gasteiger partial charge >= 0.3 is 0 Å². The van der Waals surface area contributed by atoms with Crippen LogP contribution in [0.1, 0.15) is 0 Å². The fourth-order valence-corrected chi connectivity index (χ4v) is 5.48. The lowest BCUT2D eigenvalue weighted by Crippen LogP contribution is -2.48. The number of hydrogen-bond donors (Lipinski definition) is 1. The van der Waals surface area contributed by atoms with Gasteiger partial charge in [-0.1, -0.05) is 60.3 Å². The van der Waals surface area contributed by atoms with E-state index < -0.39 is 0 Å².